The van der Waals surface area contributed by atoms with Crippen molar-refractivity contribution < 1.29 is 14.3 Å². The fourth-order valence-corrected chi connectivity index (χ4v) is 4.86. The van der Waals surface area contributed by atoms with Gasteiger partial charge in [0.15, 0.2) is 0 Å². The zero-order valence-corrected chi connectivity index (χ0v) is 22.3. The molecule has 9 heteroatoms. The number of methoxy groups -OCH3 is 1. The van der Waals surface area contributed by atoms with Gasteiger partial charge in [0, 0.05) is 66.8 Å². The van der Waals surface area contributed by atoms with Crippen molar-refractivity contribution in [3.63, 3.8) is 0 Å². The van der Waals surface area contributed by atoms with Crippen LogP contribution in [0.2, 0.25) is 0 Å². The molecule has 3 N–H and O–H groups in total. The predicted octanol–water partition coefficient (Wildman–Crippen LogP) is 4.88. The molecule has 0 unspecified atom stereocenters. The van der Waals surface area contributed by atoms with E-state index in [9.17, 15) is 4.79 Å². The van der Waals surface area contributed by atoms with Crippen molar-refractivity contribution >= 4 is 34.2 Å². The first-order valence-electron chi connectivity index (χ1n) is 12.9. The number of ether oxygens (including phenoxy) is 2. The first-order chi connectivity index (χ1) is 18.3. The number of aryl methyl sites for hydroxylation is 1. The van der Waals surface area contributed by atoms with Gasteiger partial charge in [-0.3, -0.25) is 0 Å². The summed E-state index contributed by atoms with van der Waals surface area (Å²) < 4.78 is 13.2. The van der Waals surface area contributed by atoms with Crippen molar-refractivity contribution in [1.82, 2.24) is 14.5 Å². The minimum atomic E-state index is -0.460. The summed E-state index contributed by atoms with van der Waals surface area (Å²) in [7, 11) is 3.62. The van der Waals surface area contributed by atoms with Crippen molar-refractivity contribution in [2.24, 2.45) is 12.8 Å². The van der Waals surface area contributed by atoms with Gasteiger partial charge in [0.2, 0.25) is 5.95 Å². The summed E-state index contributed by atoms with van der Waals surface area (Å²) in [6.07, 6.45) is 5.17. The number of nitrogens with two attached hydrogens (primary N) is 1. The van der Waals surface area contributed by atoms with Crippen LogP contribution in [0, 0.1) is 0 Å². The second-order valence-corrected chi connectivity index (χ2v) is 9.91. The summed E-state index contributed by atoms with van der Waals surface area (Å²) in [5, 5.41) is 4.28. The second kappa shape index (κ2) is 10.7. The van der Waals surface area contributed by atoms with Crippen LogP contribution < -0.4 is 20.7 Å². The molecule has 0 amide bonds. The van der Waals surface area contributed by atoms with Gasteiger partial charge in [-0.2, -0.15) is 0 Å². The van der Waals surface area contributed by atoms with E-state index in [4.69, 9.17) is 20.2 Å². The number of hydrogen-bond acceptors (Lipinski definition) is 8. The van der Waals surface area contributed by atoms with Crippen LogP contribution in [0.3, 0.4) is 0 Å². The van der Waals surface area contributed by atoms with E-state index in [0.29, 0.717) is 23.0 Å². The summed E-state index contributed by atoms with van der Waals surface area (Å²) in [5.74, 6) is 0.567. The Hall–Kier alpha value is -4.11. The summed E-state index contributed by atoms with van der Waals surface area (Å²) in [6, 6.07) is 14.3. The smallest absolute Gasteiger partial charge is 0.342 e. The normalized spacial score (nSPS) is 14.2. The maximum absolute atomic E-state index is 13.0. The van der Waals surface area contributed by atoms with Crippen LogP contribution in [-0.2, 0) is 11.8 Å². The molecular weight excluding hydrogens is 480 g/mol. The monoisotopic (exact) mass is 514 g/mol. The van der Waals surface area contributed by atoms with Gasteiger partial charge in [-0.1, -0.05) is 18.2 Å². The number of nitrogens with zero attached hydrogens (tertiary/aromatic N) is 4. The summed E-state index contributed by atoms with van der Waals surface area (Å²) in [6.45, 7) is 5.48. The fourth-order valence-electron chi connectivity index (χ4n) is 4.86. The third-order valence-corrected chi connectivity index (χ3v) is 6.84. The molecule has 0 spiro atoms. The average molecular weight is 515 g/mol. The third-order valence-electron chi connectivity index (χ3n) is 6.84. The molecule has 2 aromatic carbocycles. The highest BCUT2D eigenvalue weighted by molar-refractivity contribution is 6.03. The van der Waals surface area contributed by atoms with Gasteiger partial charge in [0.1, 0.15) is 11.3 Å². The van der Waals surface area contributed by atoms with Crippen molar-refractivity contribution in [3.05, 3.63) is 60.4 Å². The molecule has 9 nitrogen and oxygen atoms in total. The Morgan fingerprint density at radius 3 is 2.66 bits per heavy atom. The Morgan fingerprint density at radius 2 is 1.92 bits per heavy atom. The van der Waals surface area contributed by atoms with Crippen molar-refractivity contribution in [3.8, 4) is 17.0 Å². The Kier molecular flexibility index (Phi) is 7.20. The van der Waals surface area contributed by atoms with Gasteiger partial charge in [0.25, 0.3) is 0 Å². The van der Waals surface area contributed by atoms with E-state index >= 15 is 0 Å². The van der Waals surface area contributed by atoms with Gasteiger partial charge in [-0.05, 0) is 44.9 Å². The molecular formula is C29H34N6O3. The second-order valence-electron chi connectivity index (χ2n) is 9.91. The molecule has 0 saturated carbocycles. The Balaban J connectivity index is 1.52. The number of esters is 1. The number of rotatable bonds is 7. The lowest BCUT2D eigenvalue weighted by atomic mass is 10.1. The Bertz CT molecular complexity index is 1460. The van der Waals surface area contributed by atoms with E-state index in [2.05, 4.69) is 21.3 Å². The predicted molar refractivity (Wildman–Crippen MR) is 150 cm³/mol. The molecule has 0 bridgehead atoms. The van der Waals surface area contributed by atoms with Gasteiger partial charge < -0.3 is 30.0 Å². The van der Waals surface area contributed by atoms with Crippen LogP contribution in [-0.4, -0.2) is 52.8 Å². The summed E-state index contributed by atoms with van der Waals surface area (Å²) in [5.41, 5.74) is 10.6. The largest absolute Gasteiger partial charge is 0.494 e. The lowest BCUT2D eigenvalue weighted by molar-refractivity contribution is 0.0378. The molecule has 4 aromatic rings. The lowest BCUT2D eigenvalue weighted by Crippen LogP contribution is -2.39. The SMILES string of the molecule is COc1cc(N2CCC(N)CC2)ccc1Nc1ncc(C(=O)OC(C)C)c(-c2cn(C)c3ccccc23)n1. The number of anilines is 3. The molecule has 0 atom stereocenters. The first-order valence-corrected chi connectivity index (χ1v) is 12.9. The molecule has 5 rings (SSSR count). The zero-order chi connectivity index (χ0) is 26.8. The molecule has 3 heterocycles. The number of carbonyl (C=O) groups is 1. The number of fused-ring (bicyclic) bond motifs is 1. The van der Waals surface area contributed by atoms with Crippen molar-refractivity contribution in [2.75, 3.05) is 30.4 Å². The number of nitrogens with one attached hydrogen (secondary N) is 1. The lowest BCUT2D eigenvalue weighted by Gasteiger charge is -2.32. The molecule has 2 aromatic heterocycles. The Labute approximate surface area is 222 Å². The van der Waals surface area contributed by atoms with Crippen LogP contribution in [0.15, 0.2) is 54.9 Å². The molecule has 0 aliphatic carbocycles. The van der Waals surface area contributed by atoms with Crippen molar-refractivity contribution in [1.29, 1.82) is 0 Å². The van der Waals surface area contributed by atoms with Gasteiger partial charge in [-0.15, -0.1) is 0 Å². The summed E-state index contributed by atoms with van der Waals surface area (Å²) in [4.78, 5) is 24.6. The number of hydrogen-bond donors (Lipinski definition) is 2. The topological polar surface area (TPSA) is 108 Å². The summed E-state index contributed by atoms with van der Waals surface area (Å²) >= 11 is 0. The van der Waals surface area contributed by atoms with Crippen molar-refractivity contribution in [2.45, 2.75) is 38.8 Å². The number of piperidine rings is 1. The van der Waals surface area contributed by atoms with Crippen LogP contribution in [0.25, 0.3) is 22.2 Å². The van der Waals surface area contributed by atoms with E-state index in [-0.39, 0.29) is 12.1 Å². The van der Waals surface area contributed by atoms with Crippen LogP contribution in [0.5, 0.6) is 5.75 Å². The van der Waals surface area contributed by atoms with E-state index in [1.807, 2.05) is 68.1 Å². The fraction of sp³-hybridized carbons (Fsp3) is 0.345. The third kappa shape index (κ3) is 5.15. The van der Waals surface area contributed by atoms with E-state index in [1.54, 1.807) is 7.11 Å². The molecule has 198 valence electrons. The highest BCUT2D eigenvalue weighted by atomic mass is 16.5. The van der Waals surface area contributed by atoms with E-state index in [1.165, 1.54) is 6.20 Å². The number of carbonyl (C=O) groups excluding carboxylic acids is 1. The maximum Gasteiger partial charge on any atom is 0.342 e. The standard InChI is InChI=1S/C29H34N6O3/c1-18(2)38-28(36)22-16-31-29(33-27(22)23-17-34(3)25-8-6-5-7-21(23)25)32-24-10-9-20(15-26(24)37-4)35-13-11-19(30)12-14-35/h5-10,15-19H,11-14,30H2,1-4H3,(H,31,32,33). The quantitative estimate of drug-likeness (QED) is 0.336. The highest BCUT2D eigenvalue weighted by Crippen LogP contribution is 2.35. The van der Waals surface area contributed by atoms with Crippen LogP contribution >= 0.6 is 0 Å². The molecule has 0 radical (unpaired) electrons. The number of para-hydroxylation sites is 1. The molecule has 1 saturated heterocycles. The highest BCUT2D eigenvalue weighted by Gasteiger charge is 2.22. The minimum absolute atomic E-state index is 0.265. The maximum atomic E-state index is 13.0. The first kappa shape index (κ1) is 25.5. The van der Waals surface area contributed by atoms with E-state index in [0.717, 1.165) is 53.8 Å². The van der Waals surface area contributed by atoms with Gasteiger partial charge >= 0.3 is 5.97 Å². The molecule has 38 heavy (non-hydrogen) atoms. The van der Waals surface area contributed by atoms with Crippen LogP contribution in [0.1, 0.15) is 37.0 Å². The zero-order valence-electron chi connectivity index (χ0n) is 22.3. The molecule has 1 aliphatic rings. The van der Waals surface area contributed by atoms with Gasteiger partial charge in [0.05, 0.1) is 24.6 Å². The molecule has 1 fully saturated rings. The Morgan fingerprint density at radius 1 is 1.16 bits per heavy atom. The number of benzene rings is 2. The minimum Gasteiger partial charge on any atom is -0.494 e. The van der Waals surface area contributed by atoms with Crippen LogP contribution in [0.4, 0.5) is 17.3 Å². The number of aromatic nitrogens is 3. The van der Waals surface area contributed by atoms with Gasteiger partial charge in [-0.25, -0.2) is 14.8 Å². The average Bonchev–Trinajstić information content (AvgIpc) is 3.25. The molecule has 1 aliphatic heterocycles. The van der Waals surface area contributed by atoms with E-state index < -0.39 is 5.97 Å².